The van der Waals surface area contributed by atoms with Gasteiger partial charge in [-0.15, -0.1) is 0 Å². The molecule has 3 rings (SSSR count). The summed E-state index contributed by atoms with van der Waals surface area (Å²) in [5, 5.41) is 0. The number of nitrogens with zero attached hydrogens (tertiary/aromatic N) is 3. The number of hydrogen-bond donors (Lipinski definition) is 0. The van der Waals surface area contributed by atoms with Gasteiger partial charge >= 0.3 is 6.09 Å². The van der Waals surface area contributed by atoms with Crippen molar-refractivity contribution in [1.29, 1.82) is 0 Å². The van der Waals surface area contributed by atoms with E-state index in [9.17, 15) is 14.4 Å². The molecule has 0 atom stereocenters. The summed E-state index contributed by atoms with van der Waals surface area (Å²) in [6.07, 6.45) is 5.35. The third-order valence-electron chi connectivity index (χ3n) is 4.92. The first-order chi connectivity index (χ1) is 15.0. The van der Waals surface area contributed by atoms with Gasteiger partial charge in [-0.1, -0.05) is 66.5 Å². The average Bonchev–Trinajstić information content (AvgIpc) is 3.05. The Hall–Kier alpha value is -2.65. The topological polar surface area (TPSA) is 70.2 Å². The monoisotopic (exact) mass is 459 g/mol. The van der Waals surface area contributed by atoms with Gasteiger partial charge in [0.15, 0.2) is 0 Å². The van der Waals surface area contributed by atoms with Gasteiger partial charge < -0.3 is 14.5 Å². The highest BCUT2D eigenvalue weighted by atomic mass is 32.2. The van der Waals surface area contributed by atoms with Gasteiger partial charge in [0.2, 0.25) is 5.91 Å². The van der Waals surface area contributed by atoms with Crippen LogP contribution in [0.1, 0.15) is 18.9 Å². The molecule has 0 aliphatic carbocycles. The summed E-state index contributed by atoms with van der Waals surface area (Å²) in [6.45, 7) is 4.16. The van der Waals surface area contributed by atoms with Gasteiger partial charge in [0.1, 0.15) is 4.32 Å². The number of amides is 3. The van der Waals surface area contributed by atoms with E-state index in [0.717, 1.165) is 5.56 Å². The number of benzene rings is 1. The zero-order valence-corrected chi connectivity index (χ0v) is 19.0. The predicted octanol–water partition coefficient (Wildman–Crippen LogP) is 3.13. The Bertz CT molecular complexity index is 893. The second kappa shape index (κ2) is 11.1. The van der Waals surface area contributed by atoms with Crippen molar-refractivity contribution in [3.8, 4) is 0 Å². The van der Waals surface area contributed by atoms with Crippen LogP contribution in [-0.2, 0) is 14.3 Å². The number of piperazine rings is 1. The zero-order valence-electron chi connectivity index (χ0n) is 17.4. The fraction of sp³-hybridized carbons (Fsp3) is 0.364. The lowest BCUT2D eigenvalue weighted by molar-refractivity contribution is -0.133. The number of carbonyl (C=O) groups is 3. The molecule has 2 aliphatic heterocycles. The standard InChI is InChI=1S/C22H25N3O4S2/c1-2-29-21(28)24-15-13-23(14-16-24)19(26)11-12-25-20(27)18(31-22(25)30)10-6-9-17-7-4-3-5-8-17/h3-10H,2,11-16H2,1H3. The van der Waals surface area contributed by atoms with Gasteiger partial charge in [-0.25, -0.2) is 4.79 Å². The third-order valence-corrected chi connectivity index (χ3v) is 6.31. The Morgan fingerprint density at radius 1 is 1.13 bits per heavy atom. The van der Waals surface area contributed by atoms with Gasteiger partial charge in [0.25, 0.3) is 5.91 Å². The van der Waals surface area contributed by atoms with E-state index in [0.29, 0.717) is 42.0 Å². The number of rotatable bonds is 6. The third kappa shape index (κ3) is 6.18. The molecule has 1 aromatic rings. The number of ether oxygens (including phenoxy) is 1. The number of carbonyl (C=O) groups excluding carboxylic acids is 3. The van der Waals surface area contributed by atoms with Crippen LogP contribution in [0.25, 0.3) is 6.08 Å². The van der Waals surface area contributed by atoms with E-state index in [1.165, 1.54) is 16.7 Å². The normalized spacial score (nSPS) is 18.4. The molecule has 1 aromatic carbocycles. The van der Waals surface area contributed by atoms with Crippen LogP contribution in [0.2, 0.25) is 0 Å². The Morgan fingerprint density at radius 2 is 1.81 bits per heavy atom. The van der Waals surface area contributed by atoms with Gasteiger partial charge in [0.05, 0.1) is 11.5 Å². The molecule has 7 nitrogen and oxygen atoms in total. The maximum absolute atomic E-state index is 12.7. The van der Waals surface area contributed by atoms with Crippen LogP contribution in [0, 0.1) is 0 Å². The van der Waals surface area contributed by atoms with Gasteiger partial charge in [-0.2, -0.15) is 0 Å². The maximum Gasteiger partial charge on any atom is 0.409 e. The zero-order chi connectivity index (χ0) is 22.2. The summed E-state index contributed by atoms with van der Waals surface area (Å²) in [7, 11) is 0. The van der Waals surface area contributed by atoms with E-state index in [4.69, 9.17) is 17.0 Å². The summed E-state index contributed by atoms with van der Waals surface area (Å²) < 4.78 is 5.45. The van der Waals surface area contributed by atoms with Crippen molar-refractivity contribution in [2.24, 2.45) is 0 Å². The molecule has 0 radical (unpaired) electrons. The Morgan fingerprint density at radius 3 is 2.48 bits per heavy atom. The van der Waals surface area contributed by atoms with Crippen molar-refractivity contribution in [3.05, 3.63) is 53.0 Å². The van der Waals surface area contributed by atoms with E-state index in [-0.39, 0.29) is 30.9 Å². The fourth-order valence-corrected chi connectivity index (χ4v) is 4.50. The Balaban J connectivity index is 1.48. The molecule has 0 N–H and O–H groups in total. The summed E-state index contributed by atoms with van der Waals surface area (Å²) in [6, 6.07) is 9.81. The Kier molecular flexibility index (Phi) is 8.25. The molecule has 0 aromatic heterocycles. The van der Waals surface area contributed by atoms with E-state index in [1.54, 1.807) is 22.8 Å². The molecule has 0 saturated carbocycles. The number of thiocarbonyl (C=S) groups is 1. The molecule has 3 amide bonds. The number of thioether (sulfide) groups is 1. The summed E-state index contributed by atoms with van der Waals surface area (Å²) in [5.74, 6) is -0.224. The van der Waals surface area contributed by atoms with Crippen LogP contribution in [-0.4, -0.2) is 76.3 Å². The molecule has 2 aliphatic rings. The lowest BCUT2D eigenvalue weighted by atomic mass is 10.2. The van der Waals surface area contributed by atoms with Crippen LogP contribution in [0.15, 0.2) is 47.4 Å². The minimum absolute atomic E-state index is 0.0505. The minimum atomic E-state index is -0.347. The number of allylic oxidation sites excluding steroid dienone is 2. The van der Waals surface area contributed by atoms with Crippen LogP contribution < -0.4 is 0 Å². The quantitative estimate of drug-likeness (QED) is 0.481. The molecule has 0 spiro atoms. The lowest BCUT2D eigenvalue weighted by Crippen LogP contribution is -2.51. The van der Waals surface area contributed by atoms with Crippen LogP contribution in [0.3, 0.4) is 0 Å². The smallest absolute Gasteiger partial charge is 0.409 e. The average molecular weight is 460 g/mol. The highest BCUT2D eigenvalue weighted by molar-refractivity contribution is 8.26. The van der Waals surface area contributed by atoms with E-state index >= 15 is 0 Å². The van der Waals surface area contributed by atoms with Crippen molar-refractivity contribution in [1.82, 2.24) is 14.7 Å². The summed E-state index contributed by atoms with van der Waals surface area (Å²) >= 11 is 6.58. The van der Waals surface area contributed by atoms with Crippen molar-refractivity contribution in [2.45, 2.75) is 13.3 Å². The predicted molar refractivity (Wildman–Crippen MR) is 125 cm³/mol. The van der Waals surface area contributed by atoms with Crippen LogP contribution in [0.4, 0.5) is 4.79 Å². The lowest BCUT2D eigenvalue weighted by Gasteiger charge is -2.34. The van der Waals surface area contributed by atoms with E-state index in [1.807, 2.05) is 42.5 Å². The SMILES string of the molecule is CCOC(=O)N1CCN(C(=O)CCN2C(=O)C(=CC=Cc3ccccc3)SC2=S)CC1. The first-order valence-electron chi connectivity index (χ1n) is 10.2. The molecule has 2 fully saturated rings. The van der Waals surface area contributed by atoms with Gasteiger partial charge in [-0.05, 0) is 18.6 Å². The second-order valence-corrected chi connectivity index (χ2v) is 8.62. The van der Waals surface area contributed by atoms with E-state index in [2.05, 4.69) is 0 Å². The molecular formula is C22H25N3O4S2. The van der Waals surface area contributed by atoms with Crippen LogP contribution >= 0.6 is 24.0 Å². The molecule has 2 saturated heterocycles. The van der Waals surface area contributed by atoms with Crippen molar-refractivity contribution in [2.75, 3.05) is 39.3 Å². The molecule has 31 heavy (non-hydrogen) atoms. The van der Waals surface area contributed by atoms with Gasteiger partial charge in [-0.3, -0.25) is 14.5 Å². The van der Waals surface area contributed by atoms with Gasteiger partial charge in [0, 0.05) is 39.1 Å². The fourth-order valence-electron chi connectivity index (χ4n) is 3.24. The highest BCUT2D eigenvalue weighted by Gasteiger charge is 2.32. The summed E-state index contributed by atoms with van der Waals surface area (Å²) in [4.78, 5) is 42.3. The largest absolute Gasteiger partial charge is 0.450 e. The number of hydrogen-bond acceptors (Lipinski definition) is 6. The molecule has 9 heteroatoms. The molecule has 164 valence electrons. The van der Waals surface area contributed by atoms with Crippen molar-refractivity contribution in [3.63, 3.8) is 0 Å². The first-order valence-corrected chi connectivity index (χ1v) is 11.4. The Labute approximate surface area is 191 Å². The maximum atomic E-state index is 12.7. The molecule has 2 heterocycles. The molecular weight excluding hydrogens is 434 g/mol. The van der Waals surface area contributed by atoms with Crippen molar-refractivity contribution < 1.29 is 19.1 Å². The van der Waals surface area contributed by atoms with Crippen molar-refractivity contribution >= 4 is 52.3 Å². The minimum Gasteiger partial charge on any atom is -0.450 e. The molecule has 0 unspecified atom stereocenters. The summed E-state index contributed by atoms with van der Waals surface area (Å²) in [5.41, 5.74) is 1.04. The highest BCUT2D eigenvalue weighted by Crippen LogP contribution is 2.31. The first kappa shape index (κ1) is 23.0. The molecule has 0 bridgehead atoms. The van der Waals surface area contributed by atoms with E-state index < -0.39 is 0 Å². The second-order valence-electron chi connectivity index (χ2n) is 6.94. The van der Waals surface area contributed by atoms with Crippen LogP contribution in [0.5, 0.6) is 0 Å².